The van der Waals surface area contributed by atoms with Crippen LogP contribution in [0.25, 0.3) is 0 Å². The fourth-order valence-electron chi connectivity index (χ4n) is 0.665. The smallest absolute Gasteiger partial charge is 0.392 e. The normalized spacial score (nSPS) is 14.8. The highest BCUT2D eigenvalue weighted by molar-refractivity contribution is 6.34. The molecule has 3 nitrogen and oxygen atoms in total. The van der Waals surface area contributed by atoms with Gasteiger partial charge in [-0.15, -0.1) is 0 Å². The van der Waals surface area contributed by atoms with E-state index in [4.69, 9.17) is 8.85 Å². The van der Waals surface area contributed by atoms with E-state index in [1.807, 2.05) is 20.8 Å². The molecule has 0 spiro atoms. The van der Waals surface area contributed by atoms with Gasteiger partial charge < -0.3 is 13.6 Å². The Morgan fingerprint density at radius 3 is 2.33 bits per heavy atom. The van der Waals surface area contributed by atoms with Crippen LogP contribution in [-0.4, -0.2) is 26.5 Å². The van der Waals surface area contributed by atoms with Crippen LogP contribution in [-0.2, 0) is 8.85 Å². The van der Waals surface area contributed by atoms with Gasteiger partial charge in [0.15, 0.2) is 0 Å². The maximum Gasteiger partial charge on any atom is 0.481 e. The Balaban J connectivity index is 3.40. The highest BCUT2D eigenvalue weighted by Gasteiger charge is 2.19. The van der Waals surface area contributed by atoms with E-state index < -0.39 is 9.53 Å². The Morgan fingerprint density at radius 2 is 1.92 bits per heavy atom. The van der Waals surface area contributed by atoms with Crippen LogP contribution in [0.5, 0.6) is 0 Å². The molecule has 0 saturated heterocycles. The third-order valence-electron chi connectivity index (χ3n) is 1.21. The van der Waals surface area contributed by atoms with Gasteiger partial charge in [0.2, 0.25) is 0 Å². The topological polar surface area (TPSA) is 38.7 Å². The summed E-state index contributed by atoms with van der Waals surface area (Å²) in [5, 5.41) is 0. The molecule has 0 bridgehead atoms. The minimum atomic E-state index is -2.36. The van der Waals surface area contributed by atoms with E-state index in [1.165, 1.54) is 0 Å². The summed E-state index contributed by atoms with van der Waals surface area (Å²) in [5.74, 6) is 0. The van der Waals surface area contributed by atoms with E-state index in [2.05, 4.69) is 6.92 Å². The van der Waals surface area contributed by atoms with Gasteiger partial charge in [-0.1, -0.05) is 13.3 Å². The summed E-state index contributed by atoms with van der Waals surface area (Å²) in [7, 11) is -2.36. The highest BCUT2D eigenvalue weighted by Crippen LogP contribution is 2.08. The minimum absolute atomic E-state index is 0.294. The van der Waals surface area contributed by atoms with Gasteiger partial charge >= 0.3 is 9.53 Å². The first-order chi connectivity index (χ1) is 5.45. The minimum Gasteiger partial charge on any atom is -0.392 e. The lowest BCUT2D eigenvalue weighted by atomic mass is 10.2. The van der Waals surface area contributed by atoms with Crippen LogP contribution in [0.3, 0.4) is 0 Å². The van der Waals surface area contributed by atoms with E-state index in [0.717, 1.165) is 12.8 Å². The molecule has 0 aliphatic carbocycles. The molecule has 0 fully saturated rings. The number of hydrogen-bond donors (Lipinski definition) is 1. The third kappa shape index (κ3) is 8.20. The van der Waals surface area contributed by atoms with Crippen LogP contribution >= 0.6 is 0 Å². The fourth-order valence-corrected chi connectivity index (χ4v) is 1.71. The molecule has 0 saturated carbocycles. The van der Waals surface area contributed by atoms with Crippen LogP contribution < -0.4 is 0 Å². The van der Waals surface area contributed by atoms with E-state index in [-0.39, 0.29) is 5.60 Å². The van der Waals surface area contributed by atoms with Gasteiger partial charge in [0, 0.05) is 6.61 Å². The van der Waals surface area contributed by atoms with E-state index in [1.54, 1.807) is 0 Å². The lowest BCUT2D eigenvalue weighted by Crippen LogP contribution is -2.33. The van der Waals surface area contributed by atoms with Crippen molar-refractivity contribution in [3.8, 4) is 0 Å². The molecule has 1 N–H and O–H groups in total. The monoisotopic (exact) mass is 192 g/mol. The van der Waals surface area contributed by atoms with Crippen molar-refractivity contribution in [2.24, 2.45) is 0 Å². The number of rotatable bonds is 5. The standard InChI is InChI=1S/C8H20O3Si/c1-5-6-7-10-12(9)11-8(2,3)4/h9,12H,5-7H2,1-4H3. The second kappa shape index (κ2) is 5.69. The van der Waals surface area contributed by atoms with Gasteiger partial charge in [0.25, 0.3) is 0 Å². The summed E-state index contributed by atoms with van der Waals surface area (Å²) >= 11 is 0. The molecular formula is C8H20O3Si. The zero-order valence-corrected chi connectivity index (χ0v) is 9.62. The van der Waals surface area contributed by atoms with Crippen molar-refractivity contribution >= 4 is 9.53 Å². The van der Waals surface area contributed by atoms with Crippen molar-refractivity contribution in [2.45, 2.75) is 46.1 Å². The molecule has 0 aliphatic heterocycles. The zero-order valence-electron chi connectivity index (χ0n) is 8.46. The average molecular weight is 192 g/mol. The SMILES string of the molecule is CCCCO[SiH](O)OC(C)(C)C. The summed E-state index contributed by atoms with van der Waals surface area (Å²) in [6, 6.07) is 0. The quantitative estimate of drug-likeness (QED) is 0.527. The molecule has 1 atom stereocenters. The zero-order chi connectivity index (χ0) is 9.61. The Morgan fingerprint density at radius 1 is 1.33 bits per heavy atom. The Labute approximate surface area is 76.7 Å². The predicted octanol–water partition coefficient (Wildman–Crippen LogP) is 1.33. The third-order valence-corrected chi connectivity index (χ3v) is 2.64. The van der Waals surface area contributed by atoms with Crippen LogP contribution in [0, 0.1) is 0 Å². The summed E-state index contributed by atoms with van der Waals surface area (Å²) in [4.78, 5) is 9.31. The molecule has 0 aromatic carbocycles. The summed E-state index contributed by atoms with van der Waals surface area (Å²) in [6.07, 6.45) is 2.06. The molecule has 4 heteroatoms. The molecule has 74 valence electrons. The van der Waals surface area contributed by atoms with E-state index >= 15 is 0 Å². The molecule has 0 radical (unpaired) electrons. The van der Waals surface area contributed by atoms with Gasteiger partial charge in [0.1, 0.15) is 0 Å². The van der Waals surface area contributed by atoms with E-state index in [0.29, 0.717) is 6.61 Å². The molecule has 12 heavy (non-hydrogen) atoms. The van der Waals surface area contributed by atoms with Crippen LogP contribution in [0.4, 0.5) is 0 Å². The van der Waals surface area contributed by atoms with Crippen molar-refractivity contribution in [1.82, 2.24) is 0 Å². The second-order valence-electron chi connectivity index (χ2n) is 3.76. The number of unbranched alkanes of at least 4 members (excludes halogenated alkanes) is 1. The van der Waals surface area contributed by atoms with Crippen LogP contribution in [0.1, 0.15) is 40.5 Å². The van der Waals surface area contributed by atoms with Crippen molar-refractivity contribution in [2.75, 3.05) is 6.61 Å². The van der Waals surface area contributed by atoms with Gasteiger partial charge in [-0.25, -0.2) is 0 Å². The van der Waals surface area contributed by atoms with Gasteiger partial charge in [0.05, 0.1) is 5.60 Å². The first-order valence-corrected chi connectivity index (χ1v) is 5.89. The fraction of sp³-hybridized carbons (Fsp3) is 1.00. The van der Waals surface area contributed by atoms with Gasteiger partial charge in [-0.3, -0.25) is 0 Å². The maximum atomic E-state index is 9.31. The molecule has 0 heterocycles. The highest BCUT2D eigenvalue weighted by atomic mass is 28.3. The first-order valence-electron chi connectivity index (χ1n) is 4.43. The number of hydrogen-bond acceptors (Lipinski definition) is 3. The maximum absolute atomic E-state index is 9.31. The van der Waals surface area contributed by atoms with Crippen molar-refractivity contribution in [3.05, 3.63) is 0 Å². The Hall–Kier alpha value is 0.0969. The molecule has 0 aromatic heterocycles. The van der Waals surface area contributed by atoms with Crippen molar-refractivity contribution in [1.29, 1.82) is 0 Å². The van der Waals surface area contributed by atoms with Gasteiger partial charge in [-0.05, 0) is 27.2 Å². The molecule has 0 aromatic rings. The second-order valence-corrected chi connectivity index (χ2v) is 4.94. The molecule has 0 amide bonds. The molecule has 1 unspecified atom stereocenters. The Bertz CT molecular complexity index is 111. The lowest BCUT2D eigenvalue weighted by molar-refractivity contribution is 0.0428. The Kier molecular flexibility index (Phi) is 5.74. The largest absolute Gasteiger partial charge is 0.481 e. The van der Waals surface area contributed by atoms with Crippen molar-refractivity contribution in [3.63, 3.8) is 0 Å². The predicted molar refractivity (Wildman–Crippen MR) is 51.1 cm³/mol. The van der Waals surface area contributed by atoms with Crippen molar-refractivity contribution < 1.29 is 13.6 Å². The summed E-state index contributed by atoms with van der Waals surface area (Å²) < 4.78 is 10.4. The van der Waals surface area contributed by atoms with Crippen LogP contribution in [0.2, 0.25) is 0 Å². The first kappa shape index (κ1) is 12.1. The lowest BCUT2D eigenvalue weighted by Gasteiger charge is -2.22. The molecule has 0 aliphatic rings. The summed E-state index contributed by atoms with van der Waals surface area (Å²) in [6.45, 7) is 8.42. The molecule has 0 rings (SSSR count). The van der Waals surface area contributed by atoms with Crippen LogP contribution in [0.15, 0.2) is 0 Å². The van der Waals surface area contributed by atoms with E-state index in [9.17, 15) is 4.80 Å². The average Bonchev–Trinajstić information content (AvgIpc) is 1.84. The summed E-state index contributed by atoms with van der Waals surface area (Å²) in [5.41, 5.74) is -0.294. The van der Waals surface area contributed by atoms with Gasteiger partial charge in [-0.2, -0.15) is 0 Å². The molecular weight excluding hydrogens is 172 g/mol.